The summed E-state index contributed by atoms with van der Waals surface area (Å²) in [6, 6.07) is 16.2. The maximum atomic E-state index is 12.1. The van der Waals surface area contributed by atoms with E-state index in [2.05, 4.69) is 10.6 Å². The number of nitriles is 1. The van der Waals surface area contributed by atoms with E-state index in [1.54, 1.807) is 31.4 Å². The molecule has 0 saturated carbocycles. The topological polar surface area (TPSA) is 94.4 Å². The van der Waals surface area contributed by atoms with E-state index < -0.39 is 5.91 Å². The van der Waals surface area contributed by atoms with Crippen molar-refractivity contribution in [2.24, 2.45) is 0 Å². The summed E-state index contributed by atoms with van der Waals surface area (Å²) in [4.78, 5) is 12.1. The highest BCUT2D eigenvalue weighted by Gasteiger charge is 2.08. The minimum absolute atomic E-state index is 0.0126. The predicted molar refractivity (Wildman–Crippen MR) is 98.4 cm³/mol. The van der Waals surface area contributed by atoms with Gasteiger partial charge in [-0.1, -0.05) is 24.3 Å². The minimum Gasteiger partial charge on any atom is -0.508 e. The van der Waals surface area contributed by atoms with Gasteiger partial charge in [0.05, 0.1) is 7.11 Å². The lowest BCUT2D eigenvalue weighted by Gasteiger charge is -2.07. The lowest BCUT2D eigenvalue weighted by atomic mass is 10.1. The molecule has 134 valence electrons. The van der Waals surface area contributed by atoms with Crippen LogP contribution in [0.3, 0.4) is 0 Å². The average molecular weight is 351 g/mol. The molecule has 0 bridgehead atoms. The Balaban J connectivity index is 1.82. The predicted octanol–water partition coefficient (Wildman–Crippen LogP) is 2.26. The van der Waals surface area contributed by atoms with Crippen LogP contribution in [0.5, 0.6) is 11.5 Å². The Kier molecular flexibility index (Phi) is 7.07. The van der Waals surface area contributed by atoms with Gasteiger partial charge in [0.15, 0.2) is 0 Å². The van der Waals surface area contributed by atoms with Gasteiger partial charge < -0.3 is 20.5 Å². The number of ether oxygens (including phenoxy) is 1. The summed E-state index contributed by atoms with van der Waals surface area (Å²) in [5, 5.41) is 24.1. The van der Waals surface area contributed by atoms with Gasteiger partial charge in [-0.25, -0.2) is 0 Å². The van der Waals surface area contributed by atoms with Crippen molar-refractivity contribution in [1.29, 1.82) is 5.26 Å². The zero-order valence-corrected chi connectivity index (χ0v) is 14.5. The molecule has 0 saturated heterocycles. The average Bonchev–Trinajstić information content (AvgIpc) is 2.67. The number of amides is 1. The van der Waals surface area contributed by atoms with E-state index in [1.807, 2.05) is 30.3 Å². The van der Waals surface area contributed by atoms with E-state index in [0.29, 0.717) is 19.5 Å². The molecule has 0 radical (unpaired) electrons. The maximum absolute atomic E-state index is 12.1. The number of phenolic OH excluding ortho intramolecular Hbond substituents is 1. The van der Waals surface area contributed by atoms with Crippen molar-refractivity contribution in [3.8, 4) is 17.6 Å². The van der Waals surface area contributed by atoms with Crippen LogP contribution in [0.4, 0.5) is 0 Å². The quantitative estimate of drug-likeness (QED) is 0.501. The zero-order valence-electron chi connectivity index (χ0n) is 14.5. The van der Waals surface area contributed by atoms with Crippen LogP contribution in [-0.4, -0.2) is 24.7 Å². The first kappa shape index (κ1) is 18.9. The van der Waals surface area contributed by atoms with E-state index >= 15 is 0 Å². The number of carbonyl (C=O) groups excluding carboxylic acids is 1. The molecule has 0 unspecified atom stereocenters. The SMILES string of the molecule is COc1cccc(CN/C=C(/C#N)C(=O)NCCc2ccc(O)cc2)c1. The summed E-state index contributed by atoms with van der Waals surface area (Å²) in [6.45, 7) is 0.877. The molecule has 6 nitrogen and oxygen atoms in total. The van der Waals surface area contributed by atoms with E-state index in [9.17, 15) is 9.90 Å². The number of aromatic hydroxyl groups is 1. The third-order valence-electron chi connectivity index (χ3n) is 3.69. The Bertz CT molecular complexity index is 808. The zero-order chi connectivity index (χ0) is 18.8. The van der Waals surface area contributed by atoms with Crippen molar-refractivity contribution < 1.29 is 14.6 Å². The van der Waals surface area contributed by atoms with Gasteiger partial charge in [0.1, 0.15) is 23.1 Å². The van der Waals surface area contributed by atoms with Crippen LogP contribution in [-0.2, 0) is 17.8 Å². The molecule has 1 amide bonds. The lowest BCUT2D eigenvalue weighted by Crippen LogP contribution is -2.27. The Morgan fingerprint density at radius 1 is 1.23 bits per heavy atom. The number of hydrogen-bond donors (Lipinski definition) is 3. The van der Waals surface area contributed by atoms with Crippen LogP contribution in [0, 0.1) is 11.3 Å². The summed E-state index contributed by atoms with van der Waals surface area (Å²) in [7, 11) is 1.60. The van der Waals surface area contributed by atoms with Crippen LogP contribution in [0.15, 0.2) is 60.3 Å². The molecule has 0 atom stereocenters. The van der Waals surface area contributed by atoms with Crippen LogP contribution in [0.1, 0.15) is 11.1 Å². The van der Waals surface area contributed by atoms with E-state index in [0.717, 1.165) is 16.9 Å². The number of hydrogen-bond acceptors (Lipinski definition) is 5. The van der Waals surface area contributed by atoms with E-state index in [1.165, 1.54) is 6.20 Å². The second-order valence-electron chi connectivity index (χ2n) is 5.57. The largest absolute Gasteiger partial charge is 0.508 e. The molecular weight excluding hydrogens is 330 g/mol. The highest BCUT2D eigenvalue weighted by atomic mass is 16.5. The van der Waals surface area contributed by atoms with Crippen molar-refractivity contribution >= 4 is 5.91 Å². The standard InChI is InChI=1S/C20H21N3O3/c1-26-19-4-2-3-16(11-19)13-22-14-17(12-21)20(25)23-10-9-15-5-7-18(24)8-6-15/h2-8,11,14,22,24H,9-10,13H2,1H3,(H,23,25)/b17-14-. The van der Waals surface area contributed by atoms with Crippen molar-refractivity contribution in [3.05, 3.63) is 71.4 Å². The second-order valence-corrected chi connectivity index (χ2v) is 5.57. The van der Waals surface area contributed by atoms with Crippen molar-refractivity contribution in [2.75, 3.05) is 13.7 Å². The van der Waals surface area contributed by atoms with Crippen molar-refractivity contribution in [3.63, 3.8) is 0 Å². The Morgan fingerprint density at radius 2 is 2.00 bits per heavy atom. The van der Waals surface area contributed by atoms with Crippen molar-refractivity contribution in [1.82, 2.24) is 10.6 Å². The summed E-state index contributed by atoms with van der Waals surface area (Å²) in [5.74, 6) is 0.528. The first-order valence-electron chi connectivity index (χ1n) is 8.15. The van der Waals surface area contributed by atoms with Gasteiger partial charge in [-0.3, -0.25) is 4.79 Å². The summed E-state index contributed by atoms with van der Waals surface area (Å²) in [6.07, 6.45) is 2.03. The number of nitrogens with one attached hydrogen (secondary N) is 2. The molecule has 2 rings (SSSR count). The third kappa shape index (κ3) is 5.87. The van der Waals surface area contributed by atoms with Gasteiger partial charge in [0, 0.05) is 19.3 Å². The molecule has 3 N–H and O–H groups in total. The molecule has 0 aliphatic heterocycles. The second kappa shape index (κ2) is 9.74. The maximum Gasteiger partial charge on any atom is 0.263 e. The number of phenols is 1. The molecular formula is C20H21N3O3. The van der Waals surface area contributed by atoms with Crippen LogP contribution >= 0.6 is 0 Å². The molecule has 6 heteroatoms. The highest BCUT2D eigenvalue weighted by molar-refractivity contribution is 5.97. The Morgan fingerprint density at radius 3 is 2.69 bits per heavy atom. The monoisotopic (exact) mass is 351 g/mol. The van der Waals surface area contributed by atoms with Gasteiger partial charge in [-0.05, 0) is 41.8 Å². The first-order chi connectivity index (χ1) is 12.6. The molecule has 0 aromatic heterocycles. The molecule has 0 spiro atoms. The molecule has 0 aliphatic carbocycles. The van der Waals surface area contributed by atoms with Gasteiger partial charge in [0.25, 0.3) is 5.91 Å². The molecule has 0 heterocycles. The third-order valence-corrected chi connectivity index (χ3v) is 3.69. The van der Waals surface area contributed by atoms with Crippen LogP contribution < -0.4 is 15.4 Å². The molecule has 0 fully saturated rings. The molecule has 26 heavy (non-hydrogen) atoms. The fourth-order valence-corrected chi connectivity index (χ4v) is 2.28. The summed E-state index contributed by atoms with van der Waals surface area (Å²) in [5.41, 5.74) is 1.98. The number of benzene rings is 2. The number of nitrogens with zero attached hydrogens (tertiary/aromatic N) is 1. The van der Waals surface area contributed by atoms with E-state index in [-0.39, 0.29) is 11.3 Å². The fourth-order valence-electron chi connectivity index (χ4n) is 2.28. The Hall–Kier alpha value is -3.46. The number of rotatable bonds is 8. The van der Waals surface area contributed by atoms with Crippen LogP contribution in [0.25, 0.3) is 0 Å². The fraction of sp³-hybridized carbons (Fsp3) is 0.200. The summed E-state index contributed by atoms with van der Waals surface area (Å²) >= 11 is 0. The van der Waals surface area contributed by atoms with E-state index in [4.69, 9.17) is 10.00 Å². The lowest BCUT2D eigenvalue weighted by molar-refractivity contribution is -0.117. The van der Waals surface area contributed by atoms with Crippen LogP contribution in [0.2, 0.25) is 0 Å². The smallest absolute Gasteiger partial charge is 0.263 e. The Labute approximate surface area is 152 Å². The normalized spacial score (nSPS) is 10.7. The molecule has 0 aliphatic rings. The van der Waals surface area contributed by atoms with Crippen molar-refractivity contribution in [2.45, 2.75) is 13.0 Å². The highest BCUT2D eigenvalue weighted by Crippen LogP contribution is 2.12. The molecule has 2 aromatic carbocycles. The minimum atomic E-state index is -0.426. The van der Waals surface area contributed by atoms with Gasteiger partial charge in [0.2, 0.25) is 0 Å². The van der Waals surface area contributed by atoms with Gasteiger partial charge >= 0.3 is 0 Å². The van der Waals surface area contributed by atoms with Gasteiger partial charge in [-0.2, -0.15) is 5.26 Å². The first-order valence-corrected chi connectivity index (χ1v) is 8.15. The molecule has 2 aromatic rings. The van der Waals surface area contributed by atoms with Gasteiger partial charge in [-0.15, -0.1) is 0 Å². The number of carbonyl (C=O) groups is 1. The number of methoxy groups -OCH3 is 1. The summed E-state index contributed by atoms with van der Waals surface area (Å²) < 4.78 is 5.16.